The molecule has 0 atom stereocenters. The number of nitrogens with zero attached hydrogens (tertiary/aromatic N) is 1. The van der Waals surface area contributed by atoms with E-state index in [0.717, 1.165) is 4.31 Å². The standard InChI is InChI=1S/C5H13N3O3S/c1-3-8(12(6,10)11)4-5(9)7-2/h3-4H2,1-2H3,(H,7,9)(H2,6,10,11). The Morgan fingerprint density at radius 3 is 2.33 bits per heavy atom. The van der Waals surface area contributed by atoms with Gasteiger partial charge in [-0.2, -0.15) is 12.7 Å². The van der Waals surface area contributed by atoms with Crippen LogP contribution in [0.3, 0.4) is 0 Å². The van der Waals surface area contributed by atoms with Gasteiger partial charge in [0.2, 0.25) is 5.91 Å². The average Bonchev–Trinajstić information content (AvgIpc) is 1.97. The van der Waals surface area contributed by atoms with E-state index < -0.39 is 10.2 Å². The number of hydrogen-bond acceptors (Lipinski definition) is 3. The first-order valence-corrected chi connectivity index (χ1v) is 4.90. The molecule has 0 heterocycles. The number of rotatable bonds is 4. The molecule has 0 aromatic heterocycles. The fourth-order valence-corrected chi connectivity index (χ4v) is 1.28. The third-order valence-corrected chi connectivity index (χ3v) is 2.42. The van der Waals surface area contributed by atoms with Crippen LogP contribution >= 0.6 is 0 Å². The second kappa shape index (κ2) is 4.39. The van der Waals surface area contributed by atoms with Crippen molar-refractivity contribution in [1.29, 1.82) is 0 Å². The minimum Gasteiger partial charge on any atom is -0.358 e. The van der Waals surface area contributed by atoms with Crippen molar-refractivity contribution in [2.24, 2.45) is 5.14 Å². The van der Waals surface area contributed by atoms with Crippen LogP contribution in [0.5, 0.6) is 0 Å². The Hall–Kier alpha value is -0.660. The van der Waals surface area contributed by atoms with Gasteiger partial charge in [0.15, 0.2) is 0 Å². The predicted molar refractivity (Wildman–Crippen MR) is 44.4 cm³/mol. The van der Waals surface area contributed by atoms with Gasteiger partial charge in [0.25, 0.3) is 10.2 Å². The van der Waals surface area contributed by atoms with Gasteiger partial charge in [0.1, 0.15) is 0 Å². The molecule has 0 aliphatic rings. The molecular formula is C5H13N3O3S. The van der Waals surface area contributed by atoms with Crippen LogP contribution in [-0.4, -0.2) is 38.8 Å². The number of carbonyl (C=O) groups excluding carboxylic acids is 1. The summed E-state index contributed by atoms with van der Waals surface area (Å²) in [6.07, 6.45) is 0. The molecule has 7 heteroatoms. The van der Waals surface area contributed by atoms with Crippen molar-refractivity contribution in [2.45, 2.75) is 6.92 Å². The summed E-state index contributed by atoms with van der Waals surface area (Å²) in [5.41, 5.74) is 0. The lowest BCUT2D eigenvalue weighted by Crippen LogP contribution is -2.42. The SMILES string of the molecule is CCN(CC(=O)NC)S(N)(=O)=O. The van der Waals surface area contributed by atoms with Gasteiger partial charge in [-0.15, -0.1) is 0 Å². The molecule has 0 radical (unpaired) electrons. The summed E-state index contributed by atoms with van der Waals surface area (Å²) in [5, 5.41) is 7.11. The van der Waals surface area contributed by atoms with E-state index in [2.05, 4.69) is 5.32 Å². The zero-order valence-electron chi connectivity index (χ0n) is 7.07. The molecule has 0 aromatic rings. The van der Waals surface area contributed by atoms with E-state index >= 15 is 0 Å². The predicted octanol–water partition coefficient (Wildman–Crippen LogP) is -1.74. The first-order chi connectivity index (χ1) is 5.41. The summed E-state index contributed by atoms with van der Waals surface area (Å²) in [6.45, 7) is 1.56. The number of nitrogens with two attached hydrogens (primary N) is 1. The molecule has 72 valence electrons. The Morgan fingerprint density at radius 2 is 2.08 bits per heavy atom. The minimum atomic E-state index is -3.75. The topological polar surface area (TPSA) is 92.5 Å². The molecule has 1 amide bonds. The monoisotopic (exact) mass is 195 g/mol. The van der Waals surface area contributed by atoms with E-state index in [1.807, 2.05) is 0 Å². The number of likely N-dealkylation sites (N-methyl/N-ethyl adjacent to an activating group) is 2. The third-order valence-electron chi connectivity index (χ3n) is 1.31. The fraction of sp³-hybridized carbons (Fsp3) is 0.800. The van der Waals surface area contributed by atoms with E-state index in [4.69, 9.17) is 5.14 Å². The van der Waals surface area contributed by atoms with Gasteiger partial charge in [-0.25, -0.2) is 5.14 Å². The van der Waals surface area contributed by atoms with Crippen LogP contribution in [0, 0.1) is 0 Å². The number of amides is 1. The van der Waals surface area contributed by atoms with Gasteiger partial charge in [-0.05, 0) is 0 Å². The molecule has 3 N–H and O–H groups in total. The molecule has 6 nitrogen and oxygen atoms in total. The molecule has 0 saturated heterocycles. The van der Waals surface area contributed by atoms with Gasteiger partial charge < -0.3 is 5.32 Å². The van der Waals surface area contributed by atoms with E-state index in [0.29, 0.717) is 0 Å². The Kier molecular flexibility index (Phi) is 4.15. The maximum Gasteiger partial charge on any atom is 0.277 e. The van der Waals surface area contributed by atoms with Crippen LogP contribution in [0.4, 0.5) is 0 Å². The summed E-state index contributed by atoms with van der Waals surface area (Å²) in [4.78, 5) is 10.8. The summed E-state index contributed by atoms with van der Waals surface area (Å²) < 4.78 is 22.4. The smallest absolute Gasteiger partial charge is 0.277 e. The molecule has 0 spiro atoms. The Bertz CT molecular complexity index is 249. The molecule has 0 unspecified atom stereocenters. The highest BCUT2D eigenvalue weighted by atomic mass is 32.2. The van der Waals surface area contributed by atoms with E-state index in [1.165, 1.54) is 7.05 Å². The number of carbonyl (C=O) groups is 1. The number of hydrogen-bond donors (Lipinski definition) is 2. The van der Waals surface area contributed by atoms with Crippen molar-refractivity contribution in [2.75, 3.05) is 20.1 Å². The Morgan fingerprint density at radius 1 is 1.58 bits per heavy atom. The summed E-state index contributed by atoms with van der Waals surface area (Å²) in [7, 11) is -2.32. The van der Waals surface area contributed by atoms with Crippen LogP contribution in [-0.2, 0) is 15.0 Å². The summed E-state index contributed by atoms with van der Waals surface area (Å²) in [6, 6.07) is 0. The maximum absolute atomic E-state index is 10.8. The lowest BCUT2D eigenvalue weighted by molar-refractivity contribution is -0.120. The highest BCUT2D eigenvalue weighted by Gasteiger charge is 2.17. The lowest BCUT2D eigenvalue weighted by atomic mass is 10.6. The molecule has 0 rings (SSSR count). The van der Waals surface area contributed by atoms with Crippen molar-refractivity contribution in [3.05, 3.63) is 0 Å². The highest BCUT2D eigenvalue weighted by Crippen LogP contribution is 1.92. The van der Waals surface area contributed by atoms with Gasteiger partial charge in [0.05, 0.1) is 6.54 Å². The molecule has 0 aromatic carbocycles. The summed E-state index contributed by atoms with van der Waals surface area (Å²) >= 11 is 0. The third kappa shape index (κ3) is 3.65. The maximum atomic E-state index is 10.8. The molecular weight excluding hydrogens is 182 g/mol. The van der Waals surface area contributed by atoms with Crippen molar-refractivity contribution < 1.29 is 13.2 Å². The lowest BCUT2D eigenvalue weighted by Gasteiger charge is -2.15. The van der Waals surface area contributed by atoms with Crippen molar-refractivity contribution in [3.63, 3.8) is 0 Å². The second-order valence-electron chi connectivity index (χ2n) is 2.14. The quantitative estimate of drug-likeness (QED) is 0.557. The molecule has 0 aliphatic carbocycles. The van der Waals surface area contributed by atoms with Crippen LogP contribution in [0.25, 0.3) is 0 Å². The first kappa shape index (κ1) is 11.3. The highest BCUT2D eigenvalue weighted by molar-refractivity contribution is 7.86. The molecule has 0 aliphatic heterocycles. The van der Waals surface area contributed by atoms with Gasteiger partial charge in [-0.1, -0.05) is 6.92 Å². The van der Waals surface area contributed by atoms with Crippen molar-refractivity contribution >= 4 is 16.1 Å². The Balaban J connectivity index is 4.30. The zero-order chi connectivity index (χ0) is 9.78. The largest absolute Gasteiger partial charge is 0.358 e. The minimum absolute atomic E-state index is 0.187. The number of nitrogens with one attached hydrogen (secondary N) is 1. The Labute approximate surface area is 71.9 Å². The molecule has 0 bridgehead atoms. The first-order valence-electron chi connectivity index (χ1n) is 3.40. The van der Waals surface area contributed by atoms with E-state index in [9.17, 15) is 13.2 Å². The van der Waals surface area contributed by atoms with Crippen molar-refractivity contribution in [1.82, 2.24) is 9.62 Å². The van der Waals surface area contributed by atoms with Crippen LogP contribution in [0.2, 0.25) is 0 Å². The van der Waals surface area contributed by atoms with Gasteiger partial charge >= 0.3 is 0 Å². The van der Waals surface area contributed by atoms with E-state index in [1.54, 1.807) is 6.92 Å². The summed E-state index contributed by atoms with van der Waals surface area (Å²) in [5.74, 6) is -0.383. The normalized spacial score (nSPS) is 11.7. The second-order valence-corrected chi connectivity index (χ2v) is 3.69. The van der Waals surface area contributed by atoms with E-state index in [-0.39, 0.29) is 19.0 Å². The average molecular weight is 195 g/mol. The molecule has 0 saturated carbocycles. The molecule has 0 fully saturated rings. The van der Waals surface area contributed by atoms with Crippen LogP contribution in [0.1, 0.15) is 6.92 Å². The van der Waals surface area contributed by atoms with Crippen molar-refractivity contribution in [3.8, 4) is 0 Å². The molecule has 12 heavy (non-hydrogen) atoms. The van der Waals surface area contributed by atoms with Gasteiger partial charge in [0, 0.05) is 13.6 Å². The van der Waals surface area contributed by atoms with Crippen LogP contribution < -0.4 is 10.5 Å². The zero-order valence-corrected chi connectivity index (χ0v) is 7.89. The van der Waals surface area contributed by atoms with Crippen LogP contribution in [0.15, 0.2) is 0 Å². The van der Waals surface area contributed by atoms with Gasteiger partial charge in [-0.3, -0.25) is 4.79 Å². The fourth-order valence-electron chi connectivity index (χ4n) is 0.621.